The quantitative estimate of drug-likeness (QED) is 0.483. The molecular weight excluding hydrogens is 234 g/mol. The summed E-state index contributed by atoms with van der Waals surface area (Å²) in [6.45, 7) is 2.36. The second kappa shape index (κ2) is 4.84. The number of aromatic nitrogens is 2. The summed E-state index contributed by atoms with van der Waals surface area (Å²) in [5.74, 6) is 5.39. The Labute approximate surface area is 103 Å². The largest absolute Gasteiger partial charge is 0.324 e. The number of hydrogen-bond acceptors (Lipinski definition) is 5. The Bertz CT molecular complexity index is 579. The first kappa shape index (κ1) is 12.1. The molecule has 2 rings (SSSR count). The van der Waals surface area contributed by atoms with Crippen molar-refractivity contribution in [1.29, 1.82) is 0 Å². The molecule has 0 radical (unpaired) electrons. The van der Waals surface area contributed by atoms with Crippen LogP contribution in [-0.4, -0.2) is 14.7 Å². The summed E-state index contributed by atoms with van der Waals surface area (Å²) >= 11 is 0. The first-order chi connectivity index (χ1) is 8.60. The number of nitrogens with two attached hydrogens (primary N) is 1. The molecule has 0 aliphatic heterocycles. The number of rotatable bonds is 4. The number of nitrogens with zero attached hydrogens (tertiary/aromatic N) is 3. The van der Waals surface area contributed by atoms with Crippen molar-refractivity contribution in [2.24, 2.45) is 5.84 Å². The molecular formula is C11H13N5O2. The normalized spacial score (nSPS) is 10.3. The maximum Gasteiger partial charge on any atom is 0.269 e. The highest BCUT2D eigenvalue weighted by Crippen LogP contribution is 2.22. The van der Waals surface area contributed by atoms with Gasteiger partial charge in [-0.15, -0.1) is 0 Å². The van der Waals surface area contributed by atoms with E-state index in [2.05, 4.69) is 10.5 Å². The summed E-state index contributed by atoms with van der Waals surface area (Å²) in [5, 5.41) is 14.9. The molecule has 7 nitrogen and oxygen atoms in total. The third-order valence-electron chi connectivity index (χ3n) is 2.55. The van der Waals surface area contributed by atoms with E-state index in [0.29, 0.717) is 12.2 Å². The van der Waals surface area contributed by atoms with Crippen molar-refractivity contribution < 1.29 is 4.92 Å². The molecule has 1 aromatic carbocycles. The number of benzene rings is 1. The Kier molecular flexibility index (Phi) is 3.24. The van der Waals surface area contributed by atoms with Gasteiger partial charge in [-0.25, -0.2) is 0 Å². The maximum absolute atomic E-state index is 10.7. The van der Waals surface area contributed by atoms with E-state index in [0.717, 1.165) is 11.1 Å². The Balaban J connectivity index is 2.35. The first-order valence-electron chi connectivity index (χ1n) is 5.33. The van der Waals surface area contributed by atoms with E-state index >= 15 is 0 Å². The molecule has 0 unspecified atom stereocenters. The van der Waals surface area contributed by atoms with Crippen molar-refractivity contribution in [2.75, 3.05) is 5.43 Å². The minimum absolute atomic E-state index is 0.0351. The van der Waals surface area contributed by atoms with Crippen molar-refractivity contribution in [3.8, 4) is 0 Å². The summed E-state index contributed by atoms with van der Waals surface area (Å²) in [6, 6.07) is 4.49. The van der Waals surface area contributed by atoms with Crippen molar-refractivity contribution in [3.05, 3.63) is 51.8 Å². The van der Waals surface area contributed by atoms with E-state index in [-0.39, 0.29) is 5.69 Å². The molecule has 18 heavy (non-hydrogen) atoms. The second-order valence-corrected chi connectivity index (χ2v) is 3.96. The second-order valence-electron chi connectivity index (χ2n) is 3.96. The Morgan fingerprint density at radius 2 is 2.33 bits per heavy atom. The predicted octanol–water partition coefficient (Wildman–Crippen LogP) is 1.43. The fourth-order valence-electron chi connectivity index (χ4n) is 1.69. The molecule has 0 atom stereocenters. The lowest BCUT2D eigenvalue weighted by molar-refractivity contribution is -0.384. The molecule has 0 amide bonds. The lowest BCUT2D eigenvalue weighted by atomic mass is 10.1. The van der Waals surface area contributed by atoms with Gasteiger partial charge < -0.3 is 5.43 Å². The van der Waals surface area contributed by atoms with Gasteiger partial charge in [-0.2, -0.15) is 5.10 Å². The SMILES string of the molecule is Cc1cnn(Cc2cc([N+](=O)[O-])ccc2NN)c1. The minimum atomic E-state index is -0.432. The van der Waals surface area contributed by atoms with Gasteiger partial charge in [-0.1, -0.05) is 0 Å². The summed E-state index contributed by atoms with van der Waals surface area (Å²) in [6.07, 6.45) is 3.59. The zero-order chi connectivity index (χ0) is 13.1. The molecule has 94 valence electrons. The third-order valence-corrected chi connectivity index (χ3v) is 2.55. The van der Waals surface area contributed by atoms with Gasteiger partial charge in [-0.3, -0.25) is 20.6 Å². The van der Waals surface area contributed by atoms with E-state index in [9.17, 15) is 10.1 Å². The van der Waals surface area contributed by atoms with Crippen LogP contribution in [0.3, 0.4) is 0 Å². The number of anilines is 1. The fraction of sp³-hybridized carbons (Fsp3) is 0.182. The van der Waals surface area contributed by atoms with Gasteiger partial charge in [0, 0.05) is 23.9 Å². The Hall–Kier alpha value is -2.41. The molecule has 3 N–H and O–H groups in total. The Morgan fingerprint density at radius 3 is 2.89 bits per heavy atom. The van der Waals surface area contributed by atoms with Gasteiger partial charge in [0.25, 0.3) is 5.69 Å². The number of hydrazine groups is 1. The van der Waals surface area contributed by atoms with E-state index in [4.69, 9.17) is 5.84 Å². The van der Waals surface area contributed by atoms with E-state index in [1.54, 1.807) is 16.9 Å². The third kappa shape index (κ3) is 2.46. The van der Waals surface area contributed by atoms with Crippen molar-refractivity contribution >= 4 is 11.4 Å². The number of aryl methyl sites for hydroxylation is 1. The number of nitro benzene ring substituents is 1. The van der Waals surface area contributed by atoms with Crippen LogP contribution >= 0.6 is 0 Å². The van der Waals surface area contributed by atoms with Gasteiger partial charge in [0.15, 0.2) is 0 Å². The standard InChI is InChI=1S/C11H13N5O2/c1-8-5-13-15(6-8)7-9-4-10(16(17)18)2-3-11(9)14-12/h2-6,14H,7,12H2,1H3. The molecule has 0 fully saturated rings. The molecule has 0 spiro atoms. The predicted molar refractivity (Wildman–Crippen MR) is 67.0 cm³/mol. The van der Waals surface area contributed by atoms with Crippen LogP contribution < -0.4 is 11.3 Å². The van der Waals surface area contributed by atoms with Crippen LogP contribution in [0.2, 0.25) is 0 Å². The first-order valence-corrected chi connectivity index (χ1v) is 5.33. The molecule has 0 saturated carbocycles. The summed E-state index contributed by atoms with van der Waals surface area (Å²) < 4.78 is 1.70. The lowest BCUT2D eigenvalue weighted by Gasteiger charge is -2.08. The topological polar surface area (TPSA) is 99.0 Å². The number of nitrogen functional groups attached to an aromatic ring is 1. The number of non-ortho nitro benzene ring substituents is 1. The van der Waals surface area contributed by atoms with E-state index in [1.165, 1.54) is 12.1 Å². The lowest BCUT2D eigenvalue weighted by Crippen LogP contribution is -2.11. The summed E-state index contributed by atoms with van der Waals surface area (Å²) in [4.78, 5) is 10.3. The molecule has 1 aromatic heterocycles. The van der Waals surface area contributed by atoms with Crippen LogP contribution in [0, 0.1) is 17.0 Å². The highest BCUT2D eigenvalue weighted by molar-refractivity contribution is 5.55. The molecule has 0 aliphatic rings. The molecule has 0 aliphatic carbocycles. The molecule has 1 heterocycles. The summed E-state index contributed by atoms with van der Waals surface area (Å²) in [5.41, 5.74) is 4.95. The van der Waals surface area contributed by atoms with Crippen molar-refractivity contribution in [2.45, 2.75) is 13.5 Å². The molecule has 7 heteroatoms. The van der Waals surface area contributed by atoms with Crippen LogP contribution in [0.5, 0.6) is 0 Å². The molecule has 0 saturated heterocycles. The van der Waals surface area contributed by atoms with Gasteiger partial charge in [0.1, 0.15) is 0 Å². The van der Waals surface area contributed by atoms with Crippen molar-refractivity contribution in [3.63, 3.8) is 0 Å². The number of nitro groups is 1. The zero-order valence-electron chi connectivity index (χ0n) is 9.83. The monoisotopic (exact) mass is 247 g/mol. The highest BCUT2D eigenvalue weighted by Gasteiger charge is 2.11. The Morgan fingerprint density at radius 1 is 1.56 bits per heavy atom. The summed E-state index contributed by atoms with van der Waals surface area (Å²) in [7, 11) is 0. The van der Waals surface area contributed by atoms with Gasteiger partial charge >= 0.3 is 0 Å². The highest BCUT2D eigenvalue weighted by atomic mass is 16.6. The minimum Gasteiger partial charge on any atom is -0.324 e. The fourth-order valence-corrected chi connectivity index (χ4v) is 1.69. The van der Waals surface area contributed by atoms with E-state index < -0.39 is 4.92 Å². The zero-order valence-corrected chi connectivity index (χ0v) is 9.83. The van der Waals surface area contributed by atoms with Gasteiger partial charge in [0.05, 0.1) is 23.4 Å². The smallest absolute Gasteiger partial charge is 0.269 e. The number of nitrogens with one attached hydrogen (secondary N) is 1. The van der Waals surface area contributed by atoms with Crippen molar-refractivity contribution in [1.82, 2.24) is 9.78 Å². The average molecular weight is 247 g/mol. The van der Waals surface area contributed by atoms with Gasteiger partial charge in [0.2, 0.25) is 0 Å². The van der Waals surface area contributed by atoms with Crippen LogP contribution in [0.4, 0.5) is 11.4 Å². The van der Waals surface area contributed by atoms with Crippen LogP contribution in [-0.2, 0) is 6.54 Å². The maximum atomic E-state index is 10.7. The van der Waals surface area contributed by atoms with Gasteiger partial charge in [-0.05, 0) is 18.6 Å². The average Bonchev–Trinajstić information content (AvgIpc) is 2.74. The molecule has 0 bridgehead atoms. The van der Waals surface area contributed by atoms with E-state index in [1.807, 2.05) is 13.1 Å². The van der Waals surface area contributed by atoms with Crippen LogP contribution in [0.25, 0.3) is 0 Å². The van der Waals surface area contributed by atoms with Crippen LogP contribution in [0.15, 0.2) is 30.6 Å². The number of hydrogen-bond donors (Lipinski definition) is 2. The van der Waals surface area contributed by atoms with Crippen LogP contribution in [0.1, 0.15) is 11.1 Å². The molecule has 2 aromatic rings.